The number of hydrogen-bond donors (Lipinski definition) is 0. The fourth-order valence-electron chi connectivity index (χ4n) is 1.06. The lowest BCUT2D eigenvalue weighted by molar-refractivity contribution is 0.571. The van der Waals surface area contributed by atoms with E-state index >= 15 is 0 Å². The molecule has 0 fully saturated rings. The van der Waals surface area contributed by atoms with Crippen LogP contribution >= 0.6 is 0 Å². The molecule has 0 atom stereocenters. The first kappa shape index (κ1) is 6.45. The minimum absolute atomic E-state index is 0.0485. The Morgan fingerprint density at radius 1 is 1.45 bits per heavy atom. The van der Waals surface area contributed by atoms with Crippen LogP contribution in [0, 0.1) is 0 Å². The molecular weight excluding hydrogens is 141 g/mol. The van der Waals surface area contributed by atoms with Crippen molar-refractivity contribution in [3.8, 4) is 5.88 Å². The highest BCUT2D eigenvalue weighted by atomic mass is 16.5. The fraction of sp³-hybridized carbons (Fsp3) is 0.333. The van der Waals surface area contributed by atoms with Crippen molar-refractivity contribution >= 4 is 12.9 Å². The van der Waals surface area contributed by atoms with Crippen molar-refractivity contribution in [2.24, 2.45) is 0 Å². The quantitative estimate of drug-likeness (QED) is 0.501. The van der Waals surface area contributed by atoms with E-state index in [1.54, 1.807) is 12.4 Å². The van der Waals surface area contributed by atoms with Gasteiger partial charge in [0.15, 0.2) is 5.82 Å². The van der Waals surface area contributed by atoms with E-state index in [2.05, 4.69) is 9.97 Å². The average Bonchev–Trinajstić information content (AvgIpc) is 2.30. The molecule has 11 heavy (non-hydrogen) atoms. The molecule has 0 unspecified atom stereocenters. The highest BCUT2D eigenvalue weighted by Crippen LogP contribution is 2.28. The van der Waals surface area contributed by atoms with Crippen LogP contribution in [0.2, 0.25) is 6.82 Å². The first-order valence-electron chi connectivity index (χ1n) is 3.49. The number of aromatic nitrogens is 2. The first-order chi connectivity index (χ1) is 5.29. The maximum absolute atomic E-state index is 5.37. The predicted molar refractivity (Wildman–Crippen MR) is 42.7 cm³/mol. The molecule has 0 spiro atoms. The summed E-state index contributed by atoms with van der Waals surface area (Å²) in [6.45, 7) is 1.96. The molecule has 0 aromatic carbocycles. The van der Waals surface area contributed by atoms with Gasteiger partial charge in [-0.25, -0.2) is 9.97 Å². The minimum atomic E-state index is 0.0485. The summed E-state index contributed by atoms with van der Waals surface area (Å²) in [5, 5.41) is 0. The molecule has 0 aliphatic carbocycles. The zero-order valence-corrected chi connectivity index (χ0v) is 6.48. The standard InChI is InChI=1S/C6H8BN3O/c1-7-10(2)5-6(11-7)9-4-3-8-5/h3-4H,1-2H3. The average molecular weight is 149 g/mol. The van der Waals surface area contributed by atoms with Crippen molar-refractivity contribution in [3.63, 3.8) is 0 Å². The van der Waals surface area contributed by atoms with Gasteiger partial charge in [-0.15, -0.1) is 0 Å². The van der Waals surface area contributed by atoms with Crippen LogP contribution in [0.4, 0.5) is 5.82 Å². The van der Waals surface area contributed by atoms with E-state index < -0.39 is 0 Å². The third-order valence-corrected chi connectivity index (χ3v) is 1.81. The van der Waals surface area contributed by atoms with Crippen molar-refractivity contribution in [1.29, 1.82) is 0 Å². The minimum Gasteiger partial charge on any atom is -0.525 e. The van der Waals surface area contributed by atoms with E-state index in [-0.39, 0.29) is 7.05 Å². The summed E-state index contributed by atoms with van der Waals surface area (Å²) in [4.78, 5) is 10.1. The van der Waals surface area contributed by atoms with E-state index in [1.807, 2.05) is 18.7 Å². The molecule has 0 saturated heterocycles. The van der Waals surface area contributed by atoms with E-state index in [9.17, 15) is 0 Å². The summed E-state index contributed by atoms with van der Waals surface area (Å²) < 4.78 is 5.37. The topological polar surface area (TPSA) is 38.3 Å². The van der Waals surface area contributed by atoms with E-state index in [4.69, 9.17) is 4.65 Å². The van der Waals surface area contributed by atoms with Crippen molar-refractivity contribution in [2.45, 2.75) is 6.82 Å². The van der Waals surface area contributed by atoms with Crippen molar-refractivity contribution in [3.05, 3.63) is 12.4 Å². The molecule has 1 aliphatic heterocycles. The summed E-state index contributed by atoms with van der Waals surface area (Å²) in [7, 11) is 1.98. The van der Waals surface area contributed by atoms with Gasteiger partial charge in [0, 0.05) is 12.4 Å². The van der Waals surface area contributed by atoms with Crippen LogP contribution in [0.1, 0.15) is 0 Å². The zero-order chi connectivity index (χ0) is 7.84. The Balaban J connectivity index is 2.47. The summed E-state index contributed by atoms with van der Waals surface area (Å²) in [6.07, 6.45) is 3.29. The number of anilines is 1. The Bertz CT molecular complexity index is 280. The van der Waals surface area contributed by atoms with Crippen LogP contribution in [0.25, 0.3) is 0 Å². The van der Waals surface area contributed by atoms with Crippen LogP contribution in [-0.4, -0.2) is 24.1 Å². The van der Waals surface area contributed by atoms with Crippen LogP contribution in [0.5, 0.6) is 5.88 Å². The molecule has 5 heteroatoms. The molecule has 0 N–H and O–H groups in total. The van der Waals surface area contributed by atoms with Gasteiger partial charge in [-0.05, 0) is 13.9 Å². The normalized spacial score (nSPS) is 14.7. The lowest BCUT2D eigenvalue weighted by Crippen LogP contribution is -2.33. The van der Waals surface area contributed by atoms with E-state index in [0.29, 0.717) is 5.88 Å². The monoisotopic (exact) mass is 149 g/mol. The van der Waals surface area contributed by atoms with Crippen LogP contribution in [0.3, 0.4) is 0 Å². The Kier molecular flexibility index (Phi) is 1.24. The lowest BCUT2D eigenvalue weighted by Gasteiger charge is -2.09. The van der Waals surface area contributed by atoms with Gasteiger partial charge >= 0.3 is 7.05 Å². The second-order valence-electron chi connectivity index (χ2n) is 2.51. The number of hydrogen-bond acceptors (Lipinski definition) is 4. The second kappa shape index (κ2) is 2.12. The van der Waals surface area contributed by atoms with E-state index in [1.165, 1.54) is 0 Å². The highest BCUT2D eigenvalue weighted by Gasteiger charge is 2.31. The molecule has 1 aromatic rings. The zero-order valence-electron chi connectivity index (χ0n) is 6.48. The van der Waals surface area contributed by atoms with Crippen LogP contribution < -0.4 is 9.47 Å². The molecule has 2 heterocycles. The Hall–Kier alpha value is -1.26. The van der Waals surface area contributed by atoms with Gasteiger partial charge in [-0.3, -0.25) is 0 Å². The molecule has 0 bridgehead atoms. The van der Waals surface area contributed by atoms with Crippen LogP contribution in [0.15, 0.2) is 12.4 Å². The molecule has 0 radical (unpaired) electrons. The molecule has 0 amide bonds. The Morgan fingerprint density at radius 2 is 2.18 bits per heavy atom. The van der Waals surface area contributed by atoms with Gasteiger partial charge in [-0.1, -0.05) is 0 Å². The van der Waals surface area contributed by atoms with Gasteiger partial charge in [0.25, 0.3) is 0 Å². The second-order valence-corrected chi connectivity index (χ2v) is 2.51. The Labute approximate surface area is 65.3 Å². The third-order valence-electron chi connectivity index (χ3n) is 1.81. The SMILES string of the molecule is CB1Oc2nccnc2N1C. The molecule has 1 aromatic heterocycles. The largest absolute Gasteiger partial charge is 0.525 e. The van der Waals surface area contributed by atoms with Crippen molar-refractivity contribution in [2.75, 3.05) is 11.9 Å². The van der Waals surface area contributed by atoms with Crippen molar-refractivity contribution < 1.29 is 4.65 Å². The smallest absolute Gasteiger partial charge is 0.481 e. The number of nitrogens with zero attached hydrogens (tertiary/aromatic N) is 3. The fourth-order valence-corrected chi connectivity index (χ4v) is 1.06. The molecule has 2 rings (SSSR count). The van der Waals surface area contributed by atoms with Gasteiger partial charge in [0.1, 0.15) is 0 Å². The molecule has 4 nitrogen and oxygen atoms in total. The summed E-state index contributed by atoms with van der Waals surface area (Å²) >= 11 is 0. The first-order valence-corrected chi connectivity index (χ1v) is 3.49. The number of rotatable bonds is 0. The van der Waals surface area contributed by atoms with E-state index in [0.717, 1.165) is 5.82 Å². The lowest BCUT2D eigenvalue weighted by atomic mass is 9.87. The van der Waals surface area contributed by atoms with Crippen molar-refractivity contribution in [1.82, 2.24) is 9.97 Å². The van der Waals surface area contributed by atoms with Crippen LogP contribution in [-0.2, 0) is 0 Å². The molecule has 0 saturated carbocycles. The Morgan fingerprint density at radius 3 is 2.91 bits per heavy atom. The predicted octanol–water partition coefficient (Wildman–Crippen LogP) is 0.423. The summed E-state index contributed by atoms with van der Waals surface area (Å²) in [6, 6.07) is 0. The maximum atomic E-state index is 5.37. The van der Waals surface area contributed by atoms with Gasteiger partial charge in [-0.2, -0.15) is 0 Å². The van der Waals surface area contributed by atoms with Gasteiger partial charge in [0.05, 0.1) is 0 Å². The molecule has 56 valence electrons. The maximum Gasteiger partial charge on any atom is 0.481 e. The molecule has 1 aliphatic rings. The number of fused-ring (bicyclic) bond motifs is 1. The summed E-state index contributed by atoms with van der Waals surface area (Å²) in [5.74, 6) is 1.45. The van der Waals surface area contributed by atoms with Gasteiger partial charge < -0.3 is 9.47 Å². The van der Waals surface area contributed by atoms with Gasteiger partial charge in [0.2, 0.25) is 5.88 Å². The summed E-state index contributed by atoms with van der Waals surface area (Å²) in [5.41, 5.74) is 0. The third kappa shape index (κ3) is 0.841. The molecular formula is C6H8BN3O. The highest BCUT2D eigenvalue weighted by molar-refractivity contribution is 6.57.